The molecule has 0 radical (unpaired) electrons. The van der Waals surface area contributed by atoms with Crippen LogP contribution in [-0.2, 0) is 0 Å². The normalized spacial score (nSPS) is 11.9. The highest BCUT2D eigenvalue weighted by Gasteiger charge is 1.98. The van der Waals surface area contributed by atoms with Crippen LogP contribution in [0.15, 0.2) is 30.3 Å². The van der Waals surface area contributed by atoms with Crippen molar-refractivity contribution in [2.24, 2.45) is 5.92 Å². The van der Waals surface area contributed by atoms with Gasteiger partial charge < -0.3 is 4.74 Å². The zero-order chi connectivity index (χ0) is 12.0. The molecule has 0 amide bonds. The number of hydrogen-bond donors (Lipinski definition) is 0. The molecule has 0 saturated heterocycles. The van der Waals surface area contributed by atoms with Crippen LogP contribution in [0.4, 0.5) is 0 Å². The Labute approximate surface area is 99.1 Å². The summed E-state index contributed by atoms with van der Waals surface area (Å²) in [5.41, 5.74) is 2.61. The first kappa shape index (κ1) is 12.8. The third kappa shape index (κ3) is 4.09. The molecule has 1 heteroatoms. The van der Waals surface area contributed by atoms with Gasteiger partial charge in [-0.3, -0.25) is 0 Å². The quantitative estimate of drug-likeness (QED) is 0.705. The second-order valence-electron chi connectivity index (χ2n) is 4.52. The predicted molar refractivity (Wildman–Crippen MR) is 70.7 cm³/mol. The van der Waals surface area contributed by atoms with Gasteiger partial charge >= 0.3 is 0 Å². The Morgan fingerprint density at radius 1 is 1.25 bits per heavy atom. The van der Waals surface area contributed by atoms with Gasteiger partial charge in [0.25, 0.3) is 0 Å². The minimum atomic E-state index is 0.571. The average molecular weight is 218 g/mol. The van der Waals surface area contributed by atoms with E-state index in [1.54, 1.807) is 0 Å². The van der Waals surface area contributed by atoms with E-state index >= 15 is 0 Å². The van der Waals surface area contributed by atoms with E-state index in [2.05, 4.69) is 45.9 Å². The van der Waals surface area contributed by atoms with Gasteiger partial charge in [-0.2, -0.15) is 0 Å². The molecule has 0 atom stereocenters. The van der Waals surface area contributed by atoms with Crippen molar-refractivity contribution >= 4 is 5.57 Å². The van der Waals surface area contributed by atoms with Crippen molar-refractivity contribution in [2.45, 2.75) is 34.1 Å². The lowest BCUT2D eigenvalue weighted by Crippen LogP contribution is -2.04. The van der Waals surface area contributed by atoms with E-state index in [9.17, 15) is 0 Å². The van der Waals surface area contributed by atoms with Crippen molar-refractivity contribution in [1.82, 2.24) is 0 Å². The lowest BCUT2D eigenvalue weighted by atomic mass is 10.1. The van der Waals surface area contributed by atoms with Crippen LogP contribution in [0.5, 0.6) is 5.75 Å². The maximum absolute atomic E-state index is 5.64. The summed E-state index contributed by atoms with van der Waals surface area (Å²) < 4.78 is 5.64. The summed E-state index contributed by atoms with van der Waals surface area (Å²) in [6, 6.07) is 8.34. The van der Waals surface area contributed by atoms with Crippen LogP contribution in [0.1, 0.15) is 39.7 Å². The maximum Gasteiger partial charge on any atom is 0.119 e. The van der Waals surface area contributed by atoms with Crippen LogP contribution in [0.2, 0.25) is 0 Å². The molecule has 0 aliphatic heterocycles. The lowest BCUT2D eigenvalue weighted by molar-refractivity contribution is 0.271. The van der Waals surface area contributed by atoms with Crippen molar-refractivity contribution in [1.29, 1.82) is 0 Å². The van der Waals surface area contributed by atoms with Gasteiger partial charge in [-0.25, -0.2) is 0 Å². The Balaban J connectivity index is 2.64. The molecule has 16 heavy (non-hydrogen) atoms. The molecule has 0 aliphatic carbocycles. The molecule has 0 bridgehead atoms. The fourth-order valence-electron chi connectivity index (χ4n) is 1.50. The summed E-state index contributed by atoms with van der Waals surface area (Å²) in [5, 5.41) is 0. The fourth-order valence-corrected chi connectivity index (χ4v) is 1.50. The van der Waals surface area contributed by atoms with Gasteiger partial charge in [0.05, 0.1) is 6.61 Å². The molecule has 0 fully saturated rings. The van der Waals surface area contributed by atoms with E-state index in [-0.39, 0.29) is 0 Å². The highest BCUT2D eigenvalue weighted by Crippen LogP contribution is 2.19. The van der Waals surface area contributed by atoms with E-state index in [0.717, 1.165) is 18.8 Å². The van der Waals surface area contributed by atoms with E-state index in [1.807, 2.05) is 12.1 Å². The number of ether oxygens (including phenoxy) is 1. The monoisotopic (exact) mass is 218 g/mol. The van der Waals surface area contributed by atoms with E-state index in [0.29, 0.717) is 5.92 Å². The highest BCUT2D eigenvalue weighted by molar-refractivity contribution is 5.64. The van der Waals surface area contributed by atoms with E-state index in [1.165, 1.54) is 11.1 Å². The van der Waals surface area contributed by atoms with Gasteiger partial charge in [-0.15, -0.1) is 0 Å². The second-order valence-corrected chi connectivity index (χ2v) is 4.52. The first-order valence-electron chi connectivity index (χ1n) is 6.03. The predicted octanol–water partition coefficient (Wildman–Crippen LogP) is 4.53. The molecule has 0 unspecified atom stereocenters. The number of rotatable bonds is 5. The van der Waals surface area contributed by atoms with Crippen molar-refractivity contribution in [3.05, 3.63) is 35.9 Å². The summed E-state index contributed by atoms with van der Waals surface area (Å²) in [5.74, 6) is 1.53. The molecular weight excluding hydrogens is 196 g/mol. The number of allylic oxidation sites excluding steroid dienone is 2. The SMILES string of the molecule is CCC=C(C)c1ccc(OCC(C)C)cc1. The Hall–Kier alpha value is -1.24. The van der Waals surface area contributed by atoms with Gasteiger partial charge in [0.15, 0.2) is 0 Å². The Bertz CT molecular complexity index is 333. The van der Waals surface area contributed by atoms with Gasteiger partial charge in [0.2, 0.25) is 0 Å². The molecule has 1 aromatic carbocycles. The molecule has 88 valence electrons. The standard InChI is InChI=1S/C15H22O/c1-5-6-13(4)14-7-9-15(10-8-14)16-11-12(2)3/h6-10,12H,5,11H2,1-4H3. The minimum absolute atomic E-state index is 0.571. The van der Waals surface area contributed by atoms with Crippen molar-refractivity contribution in [3.63, 3.8) is 0 Å². The van der Waals surface area contributed by atoms with Crippen LogP contribution in [0, 0.1) is 5.92 Å². The molecule has 0 N–H and O–H groups in total. The Morgan fingerprint density at radius 2 is 1.88 bits per heavy atom. The summed E-state index contributed by atoms with van der Waals surface area (Å²) in [6.45, 7) is 9.39. The molecule has 0 spiro atoms. The van der Waals surface area contributed by atoms with Crippen LogP contribution < -0.4 is 4.74 Å². The smallest absolute Gasteiger partial charge is 0.119 e. The Kier molecular flexibility index (Phi) is 5.10. The molecule has 1 nitrogen and oxygen atoms in total. The van der Waals surface area contributed by atoms with Crippen LogP contribution >= 0.6 is 0 Å². The third-order valence-corrected chi connectivity index (χ3v) is 2.40. The largest absolute Gasteiger partial charge is 0.493 e. The molecular formula is C15H22O. The first-order chi connectivity index (χ1) is 7.63. The van der Waals surface area contributed by atoms with Gasteiger partial charge in [0.1, 0.15) is 5.75 Å². The summed E-state index contributed by atoms with van der Waals surface area (Å²) in [7, 11) is 0. The van der Waals surface area contributed by atoms with Gasteiger partial charge in [-0.05, 0) is 42.5 Å². The first-order valence-corrected chi connectivity index (χ1v) is 6.03. The van der Waals surface area contributed by atoms with Crippen molar-refractivity contribution < 1.29 is 4.74 Å². The number of hydrogen-bond acceptors (Lipinski definition) is 1. The van der Waals surface area contributed by atoms with E-state index < -0.39 is 0 Å². The minimum Gasteiger partial charge on any atom is -0.493 e. The molecule has 0 heterocycles. The second kappa shape index (κ2) is 6.37. The molecule has 1 rings (SSSR count). The lowest BCUT2D eigenvalue weighted by Gasteiger charge is -2.09. The van der Waals surface area contributed by atoms with Crippen LogP contribution in [0.25, 0.3) is 5.57 Å². The van der Waals surface area contributed by atoms with Crippen LogP contribution in [-0.4, -0.2) is 6.61 Å². The summed E-state index contributed by atoms with van der Waals surface area (Å²) in [4.78, 5) is 0. The van der Waals surface area contributed by atoms with Crippen molar-refractivity contribution in [2.75, 3.05) is 6.61 Å². The zero-order valence-corrected chi connectivity index (χ0v) is 10.8. The van der Waals surface area contributed by atoms with E-state index in [4.69, 9.17) is 4.74 Å². The summed E-state index contributed by atoms with van der Waals surface area (Å²) in [6.07, 6.45) is 3.32. The van der Waals surface area contributed by atoms with Gasteiger partial charge in [-0.1, -0.05) is 39.0 Å². The van der Waals surface area contributed by atoms with Gasteiger partial charge in [0, 0.05) is 0 Å². The maximum atomic E-state index is 5.64. The Morgan fingerprint density at radius 3 is 2.38 bits per heavy atom. The fraction of sp³-hybridized carbons (Fsp3) is 0.467. The third-order valence-electron chi connectivity index (χ3n) is 2.40. The molecule has 0 saturated carbocycles. The molecule has 1 aromatic rings. The van der Waals surface area contributed by atoms with Crippen LogP contribution in [0.3, 0.4) is 0 Å². The number of benzene rings is 1. The molecule has 0 aliphatic rings. The highest BCUT2D eigenvalue weighted by atomic mass is 16.5. The topological polar surface area (TPSA) is 9.23 Å². The zero-order valence-electron chi connectivity index (χ0n) is 10.8. The van der Waals surface area contributed by atoms with Crippen molar-refractivity contribution in [3.8, 4) is 5.75 Å². The average Bonchev–Trinajstić information content (AvgIpc) is 2.27. The molecule has 0 aromatic heterocycles. The summed E-state index contributed by atoms with van der Waals surface area (Å²) >= 11 is 0.